The Morgan fingerprint density at radius 3 is 1.87 bits per heavy atom. The molecule has 0 amide bonds. The molecule has 2 unspecified atom stereocenters. The molecule has 1 aliphatic heterocycles. The number of H-pyrrole nitrogens is 1. The van der Waals surface area contributed by atoms with Gasteiger partial charge in [0, 0.05) is 48.4 Å². The van der Waals surface area contributed by atoms with Crippen molar-refractivity contribution in [2.45, 2.75) is 25.0 Å². The van der Waals surface area contributed by atoms with E-state index in [9.17, 15) is 5.11 Å². The van der Waals surface area contributed by atoms with Crippen LogP contribution in [0.25, 0.3) is 11.4 Å². The van der Waals surface area contributed by atoms with Gasteiger partial charge in [0.1, 0.15) is 11.9 Å². The maximum absolute atomic E-state index is 12.0. The van der Waals surface area contributed by atoms with Crippen LogP contribution in [0.2, 0.25) is 5.02 Å². The Morgan fingerprint density at radius 1 is 0.816 bits per heavy atom. The highest BCUT2D eigenvalue weighted by atomic mass is 35.5. The number of imidazole rings is 1. The molecule has 2 heterocycles. The van der Waals surface area contributed by atoms with Crippen LogP contribution in [-0.4, -0.2) is 52.2 Å². The summed E-state index contributed by atoms with van der Waals surface area (Å²) in [6.07, 6.45) is -0.782. The molecule has 1 saturated heterocycles. The standard InChI is InChI=1S/C29H31ClN4O.3ClH/c1-20-26(33-29(32-20)23-12-14-24(30)15-13-23)28(35)27(34-18-16-31-17-19-34)25(21-8-4-2-5-9-21)22-10-6-3-7-11-22;;;/h2-15,25,27-28,31,35H,16-19H2,1H3,(H,32,33);3*1H. The van der Waals surface area contributed by atoms with Gasteiger partial charge in [-0.25, -0.2) is 4.98 Å². The van der Waals surface area contributed by atoms with Gasteiger partial charge in [0.05, 0.1) is 11.7 Å². The molecule has 4 aromatic rings. The van der Waals surface area contributed by atoms with Gasteiger partial charge in [-0.3, -0.25) is 4.90 Å². The third-order valence-corrected chi connectivity index (χ3v) is 7.13. The number of nitrogens with one attached hydrogen (secondary N) is 2. The predicted molar refractivity (Wildman–Crippen MR) is 163 cm³/mol. The number of rotatable bonds is 7. The van der Waals surface area contributed by atoms with E-state index in [0.29, 0.717) is 10.7 Å². The number of halogens is 4. The number of hydrogen-bond donors (Lipinski definition) is 3. The number of aromatic nitrogens is 2. The predicted octanol–water partition coefficient (Wildman–Crippen LogP) is 6.44. The number of aryl methyl sites for hydroxylation is 1. The monoisotopic (exact) mass is 594 g/mol. The SMILES string of the molecule is Cc1[nH]c(-c2ccc(Cl)cc2)nc1C(O)C(C(c1ccccc1)c1ccccc1)N1CCNCC1.Cl.Cl.Cl. The summed E-state index contributed by atoms with van der Waals surface area (Å²) in [5.74, 6) is 0.726. The highest BCUT2D eigenvalue weighted by molar-refractivity contribution is 6.30. The third-order valence-electron chi connectivity index (χ3n) is 6.88. The molecule has 0 bridgehead atoms. The summed E-state index contributed by atoms with van der Waals surface area (Å²) < 4.78 is 0. The smallest absolute Gasteiger partial charge is 0.137 e. The molecule has 1 aliphatic rings. The van der Waals surface area contributed by atoms with Gasteiger partial charge in [-0.1, -0.05) is 72.3 Å². The number of hydrogen-bond acceptors (Lipinski definition) is 4. The Morgan fingerprint density at radius 2 is 1.34 bits per heavy atom. The van der Waals surface area contributed by atoms with E-state index < -0.39 is 6.10 Å². The average molecular weight is 596 g/mol. The van der Waals surface area contributed by atoms with E-state index in [-0.39, 0.29) is 49.2 Å². The van der Waals surface area contributed by atoms with Gasteiger partial charge < -0.3 is 15.4 Å². The summed E-state index contributed by atoms with van der Waals surface area (Å²) in [6, 6.07) is 28.5. The van der Waals surface area contributed by atoms with E-state index in [1.807, 2.05) is 43.3 Å². The Labute approximate surface area is 248 Å². The van der Waals surface area contributed by atoms with Gasteiger partial charge in [-0.2, -0.15) is 0 Å². The zero-order chi connectivity index (χ0) is 24.2. The zero-order valence-corrected chi connectivity index (χ0v) is 24.3. The minimum atomic E-state index is -0.782. The molecule has 204 valence electrons. The van der Waals surface area contributed by atoms with Crippen molar-refractivity contribution in [3.63, 3.8) is 0 Å². The molecule has 1 fully saturated rings. The number of piperazine rings is 1. The third kappa shape index (κ3) is 7.10. The maximum atomic E-state index is 12.0. The number of nitrogens with zero attached hydrogens (tertiary/aromatic N) is 2. The van der Waals surface area contributed by atoms with Crippen LogP contribution < -0.4 is 5.32 Å². The lowest BCUT2D eigenvalue weighted by Crippen LogP contribution is -2.52. The Kier molecular flexibility index (Phi) is 12.6. The molecule has 9 heteroatoms. The van der Waals surface area contributed by atoms with Crippen molar-refractivity contribution < 1.29 is 5.11 Å². The minimum Gasteiger partial charge on any atom is -0.385 e. The Hall–Kier alpha value is -2.09. The van der Waals surface area contributed by atoms with Crippen LogP contribution in [0.15, 0.2) is 84.9 Å². The van der Waals surface area contributed by atoms with Gasteiger partial charge >= 0.3 is 0 Å². The van der Waals surface area contributed by atoms with Gasteiger partial charge in [0.2, 0.25) is 0 Å². The molecule has 5 rings (SSSR count). The first-order valence-electron chi connectivity index (χ1n) is 12.2. The minimum absolute atomic E-state index is 0. The van der Waals surface area contributed by atoms with E-state index in [4.69, 9.17) is 16.6 Å². The normalized spacial score (nSPS) is 15.1. The summed E-state index contributed by atoms with van der Waals surface area (Å²) in [6.45, 7) is 5.51. The highest BCUT2D eigenvalue weighted by Crippen LogP contribution is 2.38. The molecule has 0 aliphatic carbocycles. The second-order valence-electron chi connectivity index (χ2n) is 9.12. The molecule has 5 nitrogen and oxygen atoms in total. The van der Waals surface area contributed by atoms with E-state index in [2.05, 4.69) is 63.7 Å². The summed E-state index contributed by atoms with van der Waals surface area (Å²) >= 11 is 6.08. The van der Waals surface area contributed by atoms with E-state index in [1.165, 1.54) is 11.1 Å². The first-order chi connectivity index (χ1) is 17.1. The van der Waals surface area contributed by atoms with Crippen molar-refractivity contribution in [3.05, 3.63) is 112 Å². The van der Waals surface area contributed by atoms with Crippen molar-refractivity contribution in [1.29, 1.82) is 0 Å². The fourth-order valence-electron chi connectivity index (χ4n) is 5.15. The topological polar surface area (TPSA) is 64.2 Å². The van der Waals surface area contributed by atoms with Crippen molar-refractivity contribution >= 4 is 48.8 Å². The fourth-order valence-corrected chi connectivity index (χ4v) is 5.27. The van der Waals surface area contributed by atoms with E-state index in [1.54, 1.807) is 0 Å². The summed E-state index contributed by atoms with van der Waals surface area (Å²) in [7, 11) is 0. The van der Waals surface area contributed by atoms with Crippen LogP contribution in [0.4, 0.5) is 0 Å². The molecule has 3 aromatic carbocycles. The number of benzene rings is 3. The van der Waals surface area contributed by atoms with Crippen molar-refractivity contribution in [2.24, 2.45) is 0 Å². The summed E-state index contributed by atoms with van der Waals surface area (Å²) in [4.78, 5) is 10.7. The van der Waals surface area contributed by atoms with Crippen LogP contribution >= 0.6 is 48.8 Å². The molecule has 0 saturated carbocycles. The molecule has 1 aromatic heterocycles. The maximum Gasteiger partial charge on any atom is 0.137 e. The molecule has 38 heavy (non-hydrogen) atoms. The average Bonchev–Trinajstić information content (AvgIpc) is 3.30. The molecule has 0 spiro atoms. The first-order valence-corrected chi connectivity index (χ1v) is 12.5. The van der Waals surface area contributed by atoms with Gasteiger partial charge in [0.15, 0.2) is 0 Å². The van der Waals surface area contributed by atoms with Crippen LogP contribution in [0.1, 0.15) is 34.5 Å². The Balaban J connectivity index is 0.00000169. The number of aliphatic hydroxyl groups is 1. The van der Waals surface area contributed by atoms with Crippen LogP contribution in [0, 0.1) is 6.92 Å². The molecule has 3 N–H and O–H groups in total. The van der Waals surface area contributed by atoms with Gasteiger partial charge in [0.25, 0.3) is 0 Å². The lowest BCUT2D eigenvalue weighted by Gasteiger charge is -2.42. The highest BCUT2D eigenvalue weighted by Gasteiger charge is 2.38. The lowest BCUT2D eigenvalue weighted by molar-refractivity contribution is 0.0295. The van der Waals surface area contributed by atoms with Crippen LogP contribution in [-0.2, 0) is 0 Å². The first kappa shape index (κ1) is 32.1. The second kappa shape index (κ2) is 14.9. The number of aliphatic hydroxyl groups excluding tert-OH is 1. The van der Waals surface area contributed by atoms with Crippen LogP contribution in [0.5, 0.6) is 0 Å². The summed E-state index contributed by atoms with van der Waals surface area (Å²) in [5.41, 5.74) is 4.88. The second-order valence-corrected chi connectivity index (χ2v) is 9.56. The fraction of sp³-hybridized carbons (Fsp3) is 0.276. The largest absolute Gasteiger partial charge is 0.385 e. The summed E-state index contributed by atoms with van der Waals surface area (Å²) in [5, 5.41) is 16.2. The molecule has 0 radical (unpaired) electrons. The lowest BCUT2D eigenvalue weighted by atomic mass is 9.80. The van der Waals surface area contributed by atoms with Crippen molar-refractivity contribution in [1.82, 2.24) is 20.2 Å². The van der Waals surface area contributed by atoms with Crippen molar-refractivity contribution in [2.75, 3.05) is 26.2 Å². The zero-order valence-electron chi connectivity index (χ0n) is 21.1. The van der Waals surface area contributed by atoms with E-state index >= 15 is 0 Å². The van der Waals surface area contributed by atoms with E-state index in [0.717, 1.165) is 43.3 Å². The molecule has 2 atom stereocenters. The van der Waals surface area contributed by atoms with Crippen molar-refractivity contribution in [3.8, 4) is 11.4 Å². The Bertz CT molecular complexity index is 1190. The van der Waals surface area contributed by atoms with Crippen LogP contribution in [0.3, 0.4) is 0 Å². The number of aromatic amines is 1. The van der Waals surface area contributed by atoms with Gasteiger partial charge in [-0.05, 0) is 42.3 Å². The quantitative estimate of drug-likeness (QED) is 0.230. The molecular weight excluding hydrogens is 562 g/mol. The van der Waals surface area contributed by atoms with Gasteiger partial charge in [-0.15, -0.1) is 37.2 Å². The molecular formula is C29H34Cl4N4O.